The van der Waals surface area contributed by atoms with Crippen molar-refractivity contribution < 1.29 is 14.4 Å². The molecule has 1 saturated heterocycles. The molecule has 1 heterocycles. The van der Waals surface area contributed by atoms with Crippen LogP contribution in [0.15, 0.2) is 34.8 Å². The van der Waals surface area contributed by atoms with E-state index in [1.165, 1.54) is 4.90 Å². The minimum atomic E-state index is 0.00303. The minimum absolute atomic E-state index is 0.00303. The average molecular weight is 393 g/mol. The maximum Gasteiger partial charge on any atom is 0.238 e. The number of piperazine rings is 1. The van der Waals surface area contributed by atoms with Crippen molar-refractivity contribution in [1.82, 2.24) is 10.4 Å². The van der Waals surface area contributed by atoms with E-state index >= 15 is 0 Å². The van der Waals surface area contributed by atoms with Crippen molar-refractivity contribution in [1.29, 1.82) is 0 Å². The fraction of sp³-hybridized carbons (Fsp3) is 0.389. The molecule has 0 radical (unpaired) electrons. The molecular weight excluding hydrogens is 370 g/mol. The number of nitrogens with one attached hydrogen (secondary N) is 2. The molecule has 0 spiro atoms. The monoisotopic (exact) mass is 392 g/mol. The average Bonchev–Trinajstić information content (AvgIpc) is 2.57. The number of carbonyl (C=O) groups excluding carboxylic acids is 1. The number of hydrazine groups is 1. The van der Waals surface area contributed by atoms with Crippen LogP contribution in [-0.2, 0) is 11.2 Å². The Hall–Kier alpha value is -1.63. The summed E-state index contributed by atoms with van der Waals surface area (Å²) >= 11 is 3.49. The highest BCUT2D eigenvalue weighted by Crippen LogP contribution is 2.30. The molecule has 3 rings (SSSR count). The molecule has 0 aromatic heterocycles. The first kappa shape index (κ1) is 17.2. The molecule has 0 saturated carbocycles. The van der Waals surface area contributed by atoms with E-state index in [-0.39, 0.29) is 5.91 Å². The fourth-order valence-corrected chi connectivity index (χ4v) is 3.47. The number of carbonyl (C=O) groups is 1. The van der Waals surface area contributed by atoms with Crippen LogP contribution in [0.3, 0.4) is 0 Å². The first-order valence-electron chi connectivity index (χ1n) is 8.17. The van der Waals surface area contributed by atoms with Crippen molar-refractivity contribution in [2.24, 2.45) is 0 Å². The Balaban J connectivity index is 1.79. The molecular formula is C18H23BrN3O2+. The summed E-state index contributed by atoms with van der Waals surface area (Å²) in [6.07, 6.45) is 0.307. The second-order valence-corrected chi connectivity index (χ2v) is 7.18. The molecule has 0 atom stereocenters. The van der Waals surface area contributed by atoms with Crippen LogP contribution in [-0.4, -0.2) is 51.3 Å². The summed E-state index contributed by atoms with van der Waals surface area (Å²) in [5, 5.41) is 4.16. The van der Waals surface area contributed by atoms with Gasteiger partial charge in [-0.25, -0.2) is 5.01 Å². The summed E-state index contributed by atoms with van der Waals surface area (Å²) in [6.45, 7) is 3.87. The first-order valence-corrected chi connectivity index (χ1v) is 8.97. The second kappa shape index (κ2) is 7.51. The number of halogens is 1. The van der Waals surface area contributed by atoms with Crippen LogP contribution in [0, 0.1) is 0 Å². The lowest BCUT2D eigenvalue weighted by molar-refractivity contribution is -0.884. The van der Waals surface area contributed by atoms with Gasteiger partial charge >= 0.3 is 0 Å². The van der Waals surface area contributed by atoms with Gasteiger partial charge in [-0.1, -0.05) is 28.1 Å². The maximum atomic E-state index is 12.5. The zero-order chi connectivity index (χ0) is 17.1. The maximum absolute atomic E-state index is 12.5. The van der Waals surface area contributed by atoms with Gasteiger partial charge in [0.2, 0.25) is 5.91 Å². The number of ether oxygens (including phenoxy) is 1. The van der Waals surface area contributed by atoms with Crippen LogP contribution in [0.1, 0.15) is 5.56 Å². The fourth-order valence-electron chi connectivity index (χ4n) is 3.10. The zero-order valence-corrected chi connectivity index (χ0v) is 15.6. The van der Waals surface area contributed by atoms with Crippen molar-refractivity contribution >= 4 is 32.6 Å². The number of hydrogen-bond acceptors (Lipinski definition) is 3. The van der Waals surface area contributed by atoms with Crippen LogP contribution < -0.4 is 15.1 Å². The van der Waals surface area contributed by atoms with Crippen LogP contribution >= 0.6 is 15.9 Å². The predicted molar refractivity (Wildman–Crippen MR) is 98.2 cm³/mol. The highest BCUT2D eigenvalue weighted by molar-refractivity contribution is 9.10. The van der Waals surface area contributed by atoms with Gasteiger partial charge in [0.15, 0.2) is 0 Å². The number of fused-ring (bicyclic) bond motifs is 1. The smallest absolute Gasteiger partial charge is 0.238 e. The molecule has 128 valence electrons. The third kappa shape index (κ3) is 3.88. The molecule has 1 amide bonds. The lowest BCUT2D eigenvalue weighted by atomic mass is 10.0. The van der Waals surface area contributed by atoms with Crippen molar-refractivity contribution in [3.8, 4) is 5.75 Å². The molecule has 1 fully saturated rings. The van der Waals surface area contributed by atoms with Gasteiger partial charge in [0.05, 0.1) is 46.8 Å². The molecule has 2 N–H and O–H groups in total. The molecule has 0 unspecified atom stereocenters. The summed E-state index contributed by atoms with van der Waals surface area (Å²) in [5.41, 5.74) is 3.96. The standard InChI is InChI=1S/C18H22BrN3O2/c1-21-7-9-22(10-8-21)20-18(23)12-16-15-5-4-14(19)11-13(15)3-6-17(16)24-2/h3-6,11H,7-10,12H2,1-2H3,(H,20,23)/p+1. The molecule has 5 nitrogen and oxygen atoms in total. The van der Waals surface area contributed by atoms with Crippen LogP contribution in [0.25, 0.3) is 10.8 Å². The van der Waals surface area contributed by atoms with E-state index in [1.54, 1.807) is 7.11 Å². The normalized spacial score (nSPS) is 16.3. The van der Waals surface area contributed by atoms with Gasteiger partial charge < -0.3 is 9.64 Å². The zero-order valence-electron chi connectivity index (χ0n) is 14.1. The molecule has 1 aliphatic rings. The van der Waals surface area contributed by atoms with Gasteiger partial charge in [0.1, 0.15) is 5.75 Å². The number of likely N-dealkylation sites (N-methyl/N-ethyl adjacent to an activating group) is 1. The number of hydrogen-bond donors (Lipinski definition) is 2. The Morgan fingerprint density at radius 2 is 2.04 bits per heavy atom. The van der Waals surface area contributed by atoms with Crippen LogP contribution in [0.4, 0.5) is 0 Å². The predicted octanol–water partition coefficient (Wildman–Crippen LogP) is 1.01. The third-order valence-corrected chi connectivity index (χ3v) is 5.00. The molecule has 24 heavy (non-hydrogen) atoms. The first-order chi connectivity index (χ1) is 11.6. The van der Waals surface area contributed by atoms with Gasteiger partial charge in [-0.05, 0) is 29.0 Å². The van der Waals surface area contributed by atoms with Crippen molar-refractivity contribution in [2.45, 2.75) is 6.42 Å². The van der Waals surface area contributed by atoms with Crippen molar-refractivity contribution in [2.75, 3.05) is 40.3 Å². The summed E-state index contributed by atoms with van der Waals surface area (Å²) in [4.78, 5) is 14.0. The summed E-state index contributed by atoms with van der Waals surface area (Å²) < 4.78 is 6.50. The van der Waals surface area contributed by atoms with E-state index in [2.05, 4.69) is 34.5 Å². The van der Waals surface area contributed by atoms with Crippen LogP contribution in [0.2, 0.25) is 0 Å². The van der Waals surface area contributed by atoms with Crippen molar-refractivity contribution in [3.63, 3.8) is 0 Å². The highest BCUT2D eigenvalue weighted by Gasteiger charge is 2.19. The topological polar surface area (TPSA) is 46.0 Å². The SMILES string of the molecule is COc1ccc2cc(Br)ccc2c1CC(=O)NN1CC[NH+](C)CC1. The summed E-state index contributed by atoms with van der Waals surface area (Å²) in [5.74, 6) is 0.756. The Morgan fingerprint density at radius 3 is 2.75 bits per heavy atom. The Kier molecular flexibility index (Phi) is 5.38. The number of benzene rings is 2. The van der Waals surface area contributed by atoms with Gasteiger partial charge in [-0.2, -0.15) is 0 Å². The summed E-state index contributed by atoms with van der Waals surface area (Å²) in [6, 6.07) is 10.0. The number of rotatable bonds is 4. The molecule has 6 heteroatoms. The van der Waals surface area contributed by atoms with E-state index < -0.39 is 0 Å². The number of nitrogens with zero attached hydrogens (tertiary/aromatic N) is 1. The Bertz CT molecular complexity index is 742. The molecule has 1 aliphatic heterocycles. The van der Waals surface area contributed by atoms with Gasteiger partial charge in [0.25, 0.3) is 0 Å². The van der Waals surface area contributed by atoms with E-state index in [9.17, 15) is 4.79 Å². The Labute approximate surface area is 150 Å². The lowest BCUT2D eigenvalue weighted by Crippen LogP contribution is -3.12. The van der Waals surface area contributed by atoms with E-state index in [4.69, 9.17) is 4.74 Å². The summed E-state index contributed by atoms with van der Waals surface area (Å²) in [7, 11) is 3.82. The second-order valence-electron chi connectivity index (χ2n) is 6.27. The highest BCUT2D eigenvalue weighted by atomic mass is 79.9. The number of amides is 1. The van der Waals surface area contributed by atoms with E-state index in [0.717, 1.165) is 52.7 Å². The molecule has 2 aromatic carbocycles. The van der Waals surface area contributed by atoms with Gasteiger partial charge in [-0.3, -0.25) is 10.2 Å². The molecule has 0 bridgehead atoms. The minimum Gasteiger partial charge on any atom is -0.496 e. The Morgan fingerprint density at radius 1 is 1.29 bits per heavy atom. The van der Waals surface area contributed by atoms with Gasteiger partial charge in [-0.15, -0.1) is 0 Å². The number of methoxy groups -OCH3 is 1. The van der Waals surface area contributed by atoms with E-state index in [1.807, 2.05) is 29.3 Å². The number of quaternary nitrogens is 1. The third-order valence-electron chi connectivity index (χ3n) is 4.51. The van der Waals surface area contributed by atoms with Crippen LogP contribution in [0.5, 0.6) is 5.75 Å². The molecule has 0 aliphatic carbocycles. The largest absolute Gasteiger partial charge is 0.496 e. The molecule has 2 aromatic rings. The lowest BCUT2D eigenvalue weighted by Gasteiger charge is -2.30. The van der Waals surface area contributed by atoms with Crippen molar-refractivity contribution in [3.05, 3.63) is 40.4 Å². The van der Waals surface area contributed by atoms with E-state index in [0.29, 0.717) is 6.42 Å². The quantitative estimate of drug-likeness (QED) is 0.816. The van der Waals surface area contributed by atoms with Gasteiger partial charge in [0, 0.05) is 10.0 Å².